The van der Waals surface area contributed by atoms with Crippen molar-refractivity contribution in [1.82, 2.24) is 15.1 Å². The van der Waals surface area contributed by atoms with E-state index in [4.69, 9.17) is 0 Å². The summed E-state index contributed by atoms with van der Waals surface area (Å²) in [5, 5.41) is 3.22. The summed E-state index contributed by atoms with van der Waals surface area (Å²) in [6.45, 7) is 26.4. The van der Waals surface area contributed by atoms with E-state index in [1.165, 1.54) is 64.6 Å². The van der Waals surface area contributed by atoms with Gasteiger partial charge in [0.15, 0.2) is 17.3 Å². The van der Waals surface area contributed by atoms with Gasteiger partial charge in [0.2, 0.25) is 0 Å². The number of rotatable bonds is 18. The Morgan fingerprint density at radius 1 is 0.722 bits per heavy atom. The van der Waals surface area contributed by atoms with Gasteiger partial charge in [0.05, 0.1) is 18.6 Å². The molecule has 0 aromatic heterocycles. The van der Waals surface area contributed by atoms with Crippen molar-refractivity contribution >= 4 is 17.3 Å². The van der Waals surface area contributed by atoms with Gasteiger partial charge in [-0.3, -0.25) is 24.2 Å². The van der Waals surface area contributed by atoms with Crippen molar-refractivity contribution in [2.45, 2.75) is 139 Å². The van der Waals surface area contributed by atoms with Crippen LogP contribution in [0.5, 0.6) is 0 Å². The fourth-order valence-corrected chi connectivity index (χ4v) is 7.11. The second-order valence-electron chi connectivity index (χ2n) is 15.2. The van der Waals surface area contributed by atoms with E-state index in [1.54, 1.807) is 0 Å². The molecule has 3 aromatic rings. The number of hydrogen-bond donors (Lipinski definition) is 1. The smallest absolute Gasteiger partial charge is 0.154 e. The maximum Gasteiger partial charge on any atom is 0.154 e. The predicted octanol–water partition coefficient (Wildman–Crippen LogP) is 9.32. The molecule has 1 heterocycles. The molecule has 0 saturated carbocycles. The molecule has 1 aliphatic heterocycles. The molecule has 0 spiro atoms. The molecule has 1 aliphatic rings. The van der Waals surface area contributed by atoms with Crippen LogP contribution in [0.1, 0.15) is 118 Å². The molecule has 0 bridgehead atoms. The highest BCUT2D eigenvalue weighted by molar-refractivity contribution is 5.87. The molecule has 0 radical (unpaired) electrons. The van der Waals surface area contributed by atoms with Gasteiger partial charge in [0, 0.05) is 19.3 Å². The topological polar surface area (TPSA) is 69.7 Å². The lowest BCUT2D eigenvalue weighted by molar-refractivity contribution is -0.125. The number of carbonyl (C=O) groups is 3. The Balaban J connectivity index is 0.000000284. The fourth-order valence-electron chi connectivity index (χ4n) is 7.11. The number of benzene rings is 3. The van der Waals surface area contributed by atoms with Crippen molar-refractivity contribution in [2.24, 2.45) is 0 Å². The van der Waals surface area contributed by atoms with E-state index in [2.05, 4.69) is 101 Å². The van der Waals surface area contributed by atoms with Crippen molar-refractivity contribution in [3.05, 3.63) is 105 Å². The van der Waals surface area contributed by atoms with Crippen LogP contribution in [0.3, 0.4) is 0 Å². The zero-order chi connectivity index (χ0) is 40.0. The number of nitrogens with zero attached hydrogens (tertiary/aromatic N) is 2. The number of unbranched alkanes of at least 4 members (excludes halogenated alkanes) is 1. The molecule has 6 nitrogen and oxygen atoms in total. The summed E-state index contributed by atoms with van der Waals surface area (Å²) in [4.78, 5) is 41.3. The van der Waals surface area contributed by atoms with Crippen LogP contribution in [0.4, 0.5) is 0 Å². The Labute approximate surface area is 329 Å². The van der Waals surface area contributed by atoms with Crippen LogP contribution in [0.15, 0.2) is 60.7 Å². The van der Waals surface area contributed by atoms with Crippen molar-refractivity contribution < 1.29 is 14.4 Å². The summed E-state index contributed by atoms with van der Waals surface area (Å²) in [6.07, 6.45) is 8.66. The van der Waals surface area contributed by atoms with Crippen molar-refractivity contribution in [3.63, 3.8) is 0 Å². The normalized spacial score (nSPS) is 14.8. The number of likely N-dealkylation sites (N-methyl/N-ethyl adjacent to an activating group) is 1. The molecule has 2 unspecified atom stereocenters. The summed E-state index contributed by atoms with van der Waals surface area (Å²) in [6, 6.07) is 20.7. The molecule has 1 fully saturated rings. The number of Topliss-reactive ketones (excluding diaryl/α,β-unsaturated/α-hetero) is 3. The van der Waals surface area contributed by atoms with Crippen LogP contribution in [-0.4, -0.2) is 78.5 Å². The highest BCUT2D eigenvalue weighted by Gasteiger charge is 2.28. The third-order valence-corrected chi connectivity index (χ3v) is 10.9. The summed E-state index contributed by atoms with van der Waals surface area (Å²) in [5.74, 6) is 0.997. The molecule has 0 amide bonds. The third kappa shape index (κ3) is 16.1. The van der Waals surface area contributed by atoms with E-state index in [0.717, 1.165) is 51.1 Å². The third-order valence-electron chi connectivity index (χ3n) is 10.9. The van der Waals surface area contributed by atoms with Gasteiger partial charge in [0.25, 0.3) is 0 Å². The zero-order valence-electron chi connectivity index (χ0n) is 35.7. The van der Waals surface area contributed by atoms with Gasteiger partial charge >= 0.3 is 0 Å². The van der Waals surface area contributed by atoms with Crippen LogP contribution in [0.2, 0.25) is 0 Å². The second-order valence-corrected chi connectivity index (χ2v) is 15.2. The van der Waals surface area contributed by atoms with Crippen LogP contribution in [0.25, 0.3) is 0 Å². The maximum absolute atomic E-state index is 12.8. The van der Waals surface area contributed by atoms with Gasteiger partial charge in [-0.15, -0.1) is 0 Å². The SMILES string of the molecule is CCCCN1CCCCC1C(=O)Cc1c(C)cccc1C.CCCNC(C)C(=O)Cc1ccccc1C.CCN(CC)CC(=O)Cc1c(C)cccc1C. The monoisotopic (exact) mass is 740 g/mol. The summed E-state index contributed by atoms with van der Waals surface area (Å²) in [7, 11) is 0. The maximum atomic E-state index is 12.8. The Morgan fingerprint density at radius 3 is 1.81 bits per heavy atom. The lowest BCUT2D eigenvalue weighted by atomic mass is 9.91. The van der Waals surface area contributed by atoms with Crippen LogP contribution < -0.4 is 5.32 Å². The zero-order valence-corrected chi connectivity index (χ0v) is 35.7. The van der Waals surface area contributed by atoms with Crippen LogP contribution in [0, 0.1) is 34.6 Å². The number of hydrogen-bond acceptors (Lipinski definition) is 6. The van der Waals surface area contributed by atoms with Crippen molar-refractivity contribution in [3.8, 4) is 0 Å². The van der Waals surface area contributed by atoms with E-state index in [-0.39, 0.29) is 17.9 Å². The number of aryl methyl sites for hydroxylation is 5. The van der Waals surface area contributed by atoms with Gasteiger partial charge in [0.1, 0.15) is 0 Å². The molecule has 298 valence electrons. The lowest BCUT2D eigenvalue weighted by Crippen LogP contribution is -2.45. The molecular formula is C48H73N3O3. The second kappa shape index (κ2) is 25.6. The van der Waals surface area contributed by atoms with Gasteiger partial charge < -0.3 is 5.32 Å². The number of likely N-dealkylation sites (tertiary alicyclic amines) is 1. The average molecular weight is 740 g/mol. The number of carbonyl (C=O) groups excluding carboxylic acids is 3. The highest BCUT2D eigenvalue weighted by Crippen LogP contribution is 2.22. The molecule has 1 saturated heterocycles. The highest BCUT2D eigenvalue weighted by atomic mass is 16.1. The number of ketones is 3. The molecule has 1 N–H and O–H groups in total. The van der Waals surface area contributed by atoms with Gasteiger partial charge in [-0.2, -0.15) is 0 Å². The first-order chi connectivity index (χ1) is 25.9. The quantitative estimate of drug-likeness (QED) is 0.140. The summed E-state index contributed by atoms with van der Waals surface area (Å²) < 4.78 is 0. The predicted molar refractivity (Wildman–Crippen MR) is 229 cm³/mol. The Morgan fingerprint density at radius 2 is 1.28 bits per heavy atom. The van der Waals surface area contributed by atoms with Crippen LogP contribution in [-0.2, 0) is 33.6 Å². The van der Waals surface area contributed by atoms with E-state index >= 15 is 0 Å². The first-order valence-corrected chi connectivity index (χ1v) is 20.8. The number of nitrogens with one attached hydrogen (secondary N) is 1. The minimum Gasteiger partial charge on any atom is -0.308 e. The number of piperidine rings is 1. The van der Waals surface area contributed by atoms with E-state index in [1.807, 2.05) is 44.2 Å². The molecule has 2 atom stereocenters. The molecular weight excluding hydrogens is 667 g/mol. The first-order valence-electron chi connectivity index (χ1n) is 20.8. The Bertz CT molecular complexity index is 1540. The Hall–Kier alpha value is -3.45. The summed E-state index contributed by atoms with van der Waals surface area (Å²) in [5.41, 5.74) is 9.71. The van der Waals surface area contributed by atoms with Gasteiger partial charge in [-0.1, -0.05) is 101 Å². The minimum absolute atomic E-state index is 0.0421. The van der Waals surface area contributed by atoms with Crippen molar-refractivity contribution in [1.29, 1.82) is 0 Å². The fraction of sp³-hybridized carbons (Fsp3) is 0.562. The summed E-state index contributed by atoms with van der Waals surface area (Å²) >= 11 is 0. The average Bonchev–Trinajstić information content (AvgIpc) is 3.16. The van der Waals surface area contributed by atoms with E-state index in [9.17, 15) is 14.4 Å². The molecule has 6 heteroatoms. The van der Waals surface area contributed by atoms with E-state index < -0.39 is 0 Å². The molecule has 3 aromatic carbocycles. The Kier molecular flexibility index (Phi) is 22.1. The van der Waals surface area contributed by atoms with Crippen LogP contribution >= 0.6 is 0 Å². The van der Waals surface area contributed by atoms with Gasteiger partial charge in [-0.25, -0.2) is 0 Å². The lowest BCUT2D eigenvalue weighted by Gasteiger charge is -2.35. The molecule has 0 aliphatic carbocycles. The van der Waals surface area contributed by atoms with Gasteiger partial charge in [-0.05, 0) is 144 Å². The minimum atomic E-state index is -0.0421. The first kappa shape index (κ1) is 46.7. The van der Waals surface area contributed by atoms with E-state index in [0.29, 0.717) is 37.4 Å². The van der Waals surface area contributed by atoms with Crippen molar-refractivity contribution in [2.75, 3.05) is 39.3 Å². The standard InChI is InChI=1S/C19H29NO.C15H23NO.C14H21NO/c1-4-5-12-20-13-7-6-11-18(20)19(21)14-17-15(2)9-8-10-16(17)3;1-5-16(6-2)11-14(17)10-15-12(3)8-7-9-13(15)4;1-4-9-15-12(3)14(16)10-13-8-6-5-7-11(13)2/h8-10,18H,4-7,11-14H2,1-3H3;7-9H,5-6,10-11H2,1-4H3;5-8,12,15H,4,9-10H2,1-3H3. The molecule has 4 rings (SSSR count). The largest absolute Gasteiger partial charge is 0.308 e. The molecule has 54 heavy (non-hydrogen) atoms.